The minimum Gasteiger partial charge on any atom is -0.379 e. The second-order valence-electron chi connectivity index (χ2n) is 10.7. The number of pyridine rings is 1. The van der Waals surface area contributed by atoms with Crippen LogP contribution in [-0.2, 0) is 11.8 Å². The highest BCUT2D eigenvalue weighted by molar-refractivity contribution is 7.99. The normalized spacial score (nSPS) is 18.8. The molecule has 0 radical (unpaired) electrons. The predicted molar refractivity (Wildman–Crippen MR) is 174 cm³/mol. The molecule has 7 rings (SSSR count). The summed E-state index contributed by atoms with van der Waals surface area (Å²) < 4.78 is 9.27. The van der Waals surface area contributed by atoms with Gasteiger partial charge in [-0.15, -0.1) is 0 Å². The van der Waals surface area contributed by atoms with Crippen molar-refractivity contribution in [2.75, 3.05) is 37.4 Å². The minimum absolute atomic E-state index is 0.178. The highest BCUT2D eigenvalue weighted by Crippen LogP contribution is 2.38. The van der Waals surface area contributed by atoms with Gasteiger partial charge in [-0.05, 0) is 42.3 Å². The Labute approximate surface area is 262 Å². The van der Waals surface area contributed by atoms with Gasteiger partial charge in [-0.2, -0.15) is 16.7 Å². The molecule has 2 unspecified atom stereocenters. The summed E-state index contributed by atoms with van der Waals surface area (Å²) in [5, 5.41) is 8.64. The molecule has 2 saturated heterocycles. The van der Waals surface area contributed by atoms with Crippen molar-refractivity contribution in [3.8, 4) is 22.5 Å². The van der Waals surface area contributed by atoms with Crippen LogP contribution in [-0.4, -0.2) is 56.1 Å². The van der Waals surface area contributed by atoms with E-state index in [9.17, 15) is 4.79 Å². The zero-order valence-electron chi connectivity index (χ0n) is 23.4. The first kappa shape index (κ1) is 28.4. The average Bonchev–Trinajstić information content (AvgIpc) is 3.70. The van der Waals surface area contributed by atoms with Crippen LogP contribution < -0.4 is 16.2 Å². The molecule has 9 nitrogen and oxygen atoms in total. The number of aromatic nitrogens is 5. The van der Waals surface area contributed by atoms with E-state index in [0.717, 1.165) is 35.9 Å². The van der Waals surface area contributed by atoms with Gasteiger partial charge in [-0.1, -0.05) is 35.3 Å². The van der Waals surface area contributed by atoms with E-state index >= 15 is 0 Å². The van der Waals surface area contributed by atoms with Crippen LogP contribution in [0.5, 0.6) is 0 Å². The van der Waals surface area contributed by atoms with Gasteiger partial charge in [-0.3, -0.25) is 9.36 Å². The Kier molecular flexibility index (Phi) is 7.87. The van der Waals surface area contributed by atoms with E-state index in [-0.39, 0.29) is 11.6 Å². The van der Waals surface area contributed by atoms with E-state index < -0.39 is 0 Å². The first-order chi connectivity index (χ1) is 21.0. The zero-order valence-corrected chi connectivity index (χ0v) is 25.7. The molecule has 0 saturated carbocycles. The van der Waals surface area contributed by atoms with Gasteiger partial charge in [0.15, 0.2) is 0 Å². The number of ether oxygens (including phenoxy) is 1. The van der Waals surface area contributed by atoms with Crippen LogP contribution in [0.25, 0.3) is 33.5 Å². The van der Waals surface area contributed by atoms with Gasteiger partial charge in [0.2, 0.25) is 5.95 Å². The van der Waals surface area contributed by atoms with Crippen LogP contribution in [0, 0.1) is 0 Å². The lowest BCUT2D eigenvalue weighted by atomic mass is 10.0. The number of aryl methyl sites for hydroxylation is 1. The summed E-state index contributed by atoms with van der Waals surface area (Å²) >= 11 is 15.6. The number of thioether (sulfide) groups is 1. The molecule has 0 aliphatic carbocycles. The van der Waals surface area contributed by atoms with E-state index in [4.69, 9.17) is 32.9 Å². The number of nitrogens with zero attached hydrogens (tertiary/aromatic N) is 5. The van der Waals surface area contributed by atoms with Crippen molar-refractivity contribution < 1.29 is 4.74 Å². The number of hydrogen-bond acceptors (Lipinski definition) is 8. The van der Waals surface area contributed by atoms with Gasteiger partial charge >= 0.3 is 0 Å². The minimum atomic E-state index is -0.232. The Morgan fingerprint density at radius 3 is 2.60 bits per heavy atom. The van der Waals surface area contributed by atoms with E-state index in [1.165, 1.54) is 5.56 Å². The molecule has 0 bridgehead atoms. The van der Waals surface area contributed by atoms with E-state index in [0.29, 0.717) is 63.0 Å². The van der Waals surface area contributed by atoms with Crippen LogP contribution >= 0.6 is 35.0 Å². The summed E-state index contributed by atoms with van der Waals surface area (Å²) in [6.45, 7) is 3.01. The molecule has 5 aromatic rings. The van der Waals surface area contributed by atoms with Crippen molar-refractivity contribution in [1.82, 2.24) is 29.4 Å². The molecule has 2 aliphatic heterocycles. The first-order valence-electron chi connectivity index (χ1n) is 14.1. The van der Waals surface area contributed by atoms with Gasteiger partial charge in [0.25, 0.3) is 5.56 Å². The quantitative estimate of drug-likeness (QED) is 0.226. The summed E-state index contributed by atoms with van der Waals surface area (Å²) in [6, 6.07) is 13.5. The van der Waals surface area contributed by atoms with Gasteiger partial charge in [-0.25, -0.2) is 9.97 Å². The average molecular weight is 635 g/mol. The van der Waals surface area contributed by atoms with Crippen molar-refractivity contribution in [3.63, 3.8) is 0 Å². The fourth-order valence-corrected chi connectivity index (χ4v) is 7.54. The number of fused-ring (bicyclic) bond motifs is 1. The van der Waals surface area contributed by atoms with Gasteiger partial charge in [0.05, 0.1) is 28.3 Å². The van der Waals surface area contributed by atoms with Crippen molar-refractivity contribution in [2.24, 2.45) is 7.05 Å². The van der Waals surface area contributed by atoms with Crippen LogP contribution in [0.15, 0.2) is 65.8 Å². The van der Waals surface area contributed by atoms with E-state index in [1.54, 1.807) is 35.2 Å². The largest absolute Gasteiger partial charge is 0.379 e. The van der Waals surface area contributed by atoms with Crippen molar-refractivity contribution >= 4 is 57.6 Å². The second-order valence-corrected chi connectivity index (χ2v) is 12.8. The molecule has 43 heavy (non-hydrogen) atoms. The first-order valence-corrected chi connectivity index (χ1v) is 15.9. The predicted octanol–water partition coefficient (Wildman–Crippen LogP) is 6.25. The van der Waals surface area contributed by atoms with E-state index in [1.807, 2.05) is 41.7 Å². The summed E-state index contributed by atoms with van der Waals surface area (Å²) in [7, 11) is 1.90. The Hall–Kier alpha value is -3.41. The third kappa shape index (κ3) is 5.54. The Morgan fingerprint density at radius 1 is 1.12 bits per heavy atom. The van der Waals surface area contributed by atoms with Crippen LogP contribution in [0.2, 0.25) is 10.0 Å². The van der Waals surface area contributed by atoms with E-state index in [2.05, 4.69) is 32.7 Å². The molecular weight excluding hydrogens is 605 g/mol. The van der Waals surface area contributed by atoms with Crippen molar-refractivity contribution in [1.29, 1.82) is 0 Å². The van der Waals surface area contributed by atoms with Crippen LogP contribution in [0.1, 0.15) is 23.3 Å². The highest BCUT2D eigenvalue weighted by atomic mass is 35.5. The number of anilines is 2. The topological polar surface area (TPSA) is 98.9 Å². The van der Waals surface area contributed by atoms with Crippen LogP contribution in [0.4, 0.5) is 11.6 Å². The summed E-state index contributed by atoms with van der Waals surface area (Å²) in [4.78, 5) is 28.0. The number of hydrogen-bond donors (Lipinski definition) is 2. The molecule has 3 aromatic heterocycles. The molecule has 0 spiro atoms. The maximum Gasteiger partial charge on any atom is 0.260 e. The molecule has 220 valence electrons. The summed E-state index contributed by atoms with van der Waals surface area (Å²) in [5.74, 6) is 2.24. The fraction of sp³-hybridized carbons (Fsp3) is 0.290. The number of nitrogens with one attached hydrogen (secondary N) is 2. The summed E-state index contributed by atoms with van der Waals surface area (Å²) in [6.07, 6.45) is 5.98. The zero-order chi connectivity index (χ0) is 29.5. The molecule has 2 aromatic carbocycles. The Bertz CT molecular complexity index is 1840. The molecule has 2 atom stereocenters. The molecule has 2 aliphatic rings. The molecular formula is C31H29Cl2N7O2S. The third-order valence-corrected chi connectivity index (χ3v) is 9.78. The summed E-state index contributed by atoms with van der Waals surface area (Å²) in [5.41, 5.74) is 4.07. The lowest BCUT2D eigenvalue weighted by Crippen LogP contribution is -2.28. The molecule has 5 heterocycles. The van der Waals surface area contributed by atoms with Crippen molar-refractivity contribution in [3.05, 3.63) is 87.0 Å². The molecule has 2 fully saturated rings. The standard InChI is InChI=1S/C31H29Cl2N7O2S/c1-39-9-7-35-28(39)19-13-24(32)27(25(33)14-19)23-12-20-15-36-31(38-29(20)40(30(23)41)22-6-10-42-17-22)37-21-4-2-18(3-5-21)26-16-34-8-11-43-26/h2-5,7,9,12-15,22,26,34H,6,8,10-11,16-17H2,1H3,(H,36,37,38). The second kappa shape index (κ2) is 11.9. The number of halogens is 2. The fourth-order valence-electron chi connectivity index (χ4n) is 5.72. The molecule has 12 heteroatoms. The maximum absolute atomic E-state index is 14.2. The SMILES string of the molecule is Cn1ccnc1-c1cc(Cl)c(-c2cc3cnc(Nc4ccc(C5CNCCS5)cc4)nc3n(C3CCOC3)c2=O)c(Cl)c1. The lowest BCUT2D eigenvalue weighted by molar-refractivity contribution is 0.186. The monoisotopic (exact) mass is 633 g/mol. The van der Waals surface area contributed by atoms with Crippen molar-refractivity contribution in [2.45, 2.75) is 17.7 Å². The maximum atomic E-state index is 14.2. The molecule has 0 amide bonds. The lowest BCUT2D eigenvalue weighted by Gasteiger charge is -2.22. The highest BCUT2D eigenvalue weighted by Gasteiger charge is 2.26. The Balaban J connectivity index is 1.27. The van der Waals surface area contributed by atoms with Crippen LogP contribution in [0.3, 0.4) is 0 Å². The number of rotatable bonds is 6. The Morgan fingerprint density at radius 2 is 1.93 bits per heavy atom. The smallest absolute Gasteiger partial charge is 0.260 e. The molecule has 2 N–H and O–H groups in total. The number of imidazole rings is 1. The van der Waals surface area contributed by atoms with Gasteiger partial charge in [0, 0.05) is 78.5 Å². The van der Waals surface area contributed by atoms with Gasteiger partial charge < -0.3 is 19.9 Å². The third-order valence-electron chi connectivity index (χ3n) is 7.90. The van der Waals surface area contributed by atoms with Gasteiger partial charge in [0.1, 0.15) is 11.5 Å². The number of benzene rings is 2.